The van der Waals surface area contributed by atoms with Crippen LogP contribution in [-0.2, 0) is 10.0 Å². The Morgan fingerprint density at radius 3 is 2.31 bits per heavy atom. The van der Waals surface area contributed by atoms with Crippen molar-refractivity contribution in [3.8, 4) is 11.5 Å². The van der Waals surface area contributed by atoms with Gasteiger partial charge in [-0.2, -0.15) is 4.31 Å². The zero-order chi connectivity index (χ0) is 25.7. The fourth-order valence-corrected chi connectivity index (χ4v) is 5.91. The van der Waals surface area contributed by atoms with Crippen molar-refractivity contribution in [1.29, 1.82) is 0 Å². The number of hydrogen-bond acceptors (Lipinski definition) is 7. The summed E-state index contributed by atoms with van der Waals surface area (Å²) in [4.78, 5) is 15.7. The van der Waals surface area contributed by atoms with E-state index in [1.807, 2.05) is 0 Å². The number of carbonyl (C=O) groups is 1. The van der Waals surface area contributed by atoms with Crippen LogP contribution < -0.4 is 15.0 Å². The first-order valence-electron chi connectivity index (χ1n) is 12.2. The lowest BCUT2D eigenvalue weighted by molar-refractivity contribution is 0.104. The number of ether oxygens (including phenoxy) is 1. The number of nitrogens with one attached hydrogen (secondary N) is 1. The summed E-state index contributed by atoms with van der Waals surface area (Å²) >= 11 is 0. The quantitative estimate of drug-likeness (QED) is 0.438. The SMILES string of the molecule is CN1CCN(c2ccc(S(=O)(=O)N3CCC(CNCC(O)COc4ccc(O)cc4)CC3)cc2)C1=O. The molecule has 2 aromatic rings. The molecule has 0 bridgehead atoms. The maximum absolute atomic E-state index is 13.1. The van der Waals surface area contributed by atoms with Crippen LogP contribution in [0, 0.1) is 5.92 Å². The number of aliphatic hydroxyl groups excluding tert-OH is 1. The van der Waals surface area contributed by atoms with Crippen molar-refractivity contribution in [3.05, 3.63) is 48.5 Å². The van der Waals surface area contributed by atoms with Crippen molar-refractivity contribution >= 4 is 21.7 Å². The second-order valence-corrected chi connectivity index (χ2v) is 11.3. The number of carbonyl (C=O) groups excluding carboxylic acids is 1. The van der Waals surface area contributed by atoms with E-state index in [1.165, 1.54) is 16.4 Å². The fraction of sp³-hybridized carbons (Fsp3) is 0.480. The summed E-state index contributed by atoms with van der Waals surface area (Å²) in [5.74, 6) is 1.05. The van der Waals surface area contributed by atoms with Gasteiger partial charge < -0.3 is 25.2 Å². The molecule has 0 aromatic heterocycles. The Balaban J connectivity index is 1.19. The molecule has 2 heterocycles. The lowest BCUT2D eigenvalue weighted by Crippen LogP contribution is -2.42. The average molecular weight is 519 g/mol. The van der Waals surface area contributed by atoms with Crippen molar-refractivity contribution in [2.75, 3.05) is 57.8 Å². The first-order chi connectivity index (χ1) is 17.2. The Bertz CT molecular complexity index is 1120. The summed E-state index contributed by atoms with van der Waals surface area (Å²) in [7, 11) is -1.85. The van der Waals surface area contributed by atoms with E-state index in [1.54, 1.807) is 53.2 Å². The molecule has 3 N–H and O–H groups in total. The molecule has 2 saturated heterocycles. The zero-order valence-corrected chi connectivity index (χ0v) is 21.2. The van der Waals surface area contributed by atoms with Gasteiger partial charge in [0.2, 0.25) is 10.0 Å². The van der Waals surface area contributed by atoms with Gasteiger partial charge in [0.1, 0.15) is 24.2 Å². The predicted molar refractivity (Wildman–Crippen MR) is 136 cm³/mol. The summed E-state index contributed by atoms with van der Waals surface area (Å²) < 4.78 is 33.3. The number of nitrogens with zero attached hydrogens (tertiary/aromatic N) is 3. The average Bonchev–Trinajstić information content (AvgIpc) is 3.22. The minimum absolute atomic E-state index is 0.0846. The van der Waals surface area contributed by atoms with Gasteiger partial charge in [0, 0.05) is 45.5 Å². The third-order valence-corrected chi connectivity index (χ3v) is 8.58. The molecule has 2 aliphatic heterocycles. The number of hydrogen-bond donors (Lipinski definition) is 3. The summed E-state index contributed by atoms with van der Waals surface area (Å²) in [6.45, 7) is 3.32. The van der Waals surface area contributed by atoms with Gasteiger partial charge in [-0.3, -0.25) is 4.90 Å². The van der Waals surface area contributed by atoms with Crippen LogP contribution in [0.15, 0.2) is 53.4 Å². The van der Waals surface area contributed by atoms with E-state index >= 15 is 0 Å². The molecule has 196 valence electrons. The highest BCUT2D eigenvalue weighted by Gasteiger charge is 2.30. The molecule has 0 saturated carbocycles. The number of phenolic OH excluding ortho intramolecular Hbond substituents is 1. The molecule has 2 aromatic carbocycles. The molecule has 2 aliphatic rings. The number of amides is 2. The van der Waals surface area contributed by atoms with Gasteiger partial charge in [0.25, 0.3) is 0 Å². The van der Waals surface area contributed by atoms with Crippen molar-refractivity contribution in [1.82, 2.24) is 14.5 Å². The van der Waals surface area contributed by atoms with Gasteiger partial charge in [0.15, 0.2) is 0 Å². The van der Waals surface area contributed by atoms with Crippen molar-refractivity contribution in [3.63, 3.8) is 0 Å². The standard InChI is InChI=1S/C25H34N4O6S/c1-27-14-15-29(25(27)32)20-2-8-24(9-3-20)36(33,34)28-12-10-19(11-13-28)16-26-17-22(31)18-35-23-6-4-21(30)5-7-23/h2-9,19,22,26,30-31H,10-18H2,1H3. The lowest BCUT2D eigenvalue weighted by Gasteiger charge is -2.31. The Labute approximate surface area is 212 Å². The zero-order valence-electron chi connectivity index (χ0n) is 20.4. The van der Waals surface area contributed by atoms with Crippen molar-refractivity contribution in [2.24, 2.45) is 5.92 Å². The highest BCUT2D eigenvalue weighted by molar-refractivity contribution is 7.89. The van der Waals surface area contributed by atoms with Gasteiger partial charge >= 0.3 is 6.03 Å². The number of aromatic hydroxyl groups is 1. The molecule has 36 heavy (non-hydrogen) atoms. The maximum Gasteiger partial charge on any atom is 0.324 e. The summed E-state index contributed by atoms with van der Waals surface area (Å²) in [5, 5.41) is 22.7. The van der Waals surface area contributed by atoms with Crippen LogP contribution in [0.3, 0.4) is 0 Å². The molecular formula is C25H34N4O6S. The normalized spacial score (nSPS) is 18.6. The predicted octanol–water partition coefficient (Wildman–Crippen LogP) is 1.69. The first-order valence-corrected chi connectivity index (χ1v) is 13.6. The number of urea groups is 1. The van der Waals surface area contributed by atoms with Crippen LogP contribution in [0.5, 0.6) is 11.5 Å². The van der Waals surface area contributed by atoms with Gasteiger partial charge in [-0.05, 0) is 73.8 Å². The van der Waals surface area contributed by atoms with Crippen LogP contribution in [0.25, 0.3) is 0 Å². The number of anilines is 1. The fourth-order valence-electron chi connectivity index (χ4n) is 4.44. The van der Waals surface area contributed by atoms with Gasteiger partial charge in [-0.15, -0.1) is 0 Å². The van der Waals surface area contributed by atoms with E-state index in [0.29, 0.717) is 56.6 Å². The third kappa shape index (κ3) is 6.28. The highest BCUT2D eigenvalue weighted by atomic mass is 32.2. The second-order valence-electron chi connectivity index (χ2n) is 9.31. The van der Waals surface area contributed by atoms with Crippen molar-refractivity contribution in [2.45, 2.75) is 23.8 Å². The van der Waals surface area contributed by atoms with Crippen LogP contribution in [0.2, 0.25) is 0 Å². The molecule has 0 aliphatic carbocycles. The number of likely N-dealkylation sites (N-methyl/N-ethyl adjacent to an activating group) is 1. The maximum atomic E-state index is 13.1. The van der Waals surface area contributed by atoms with E-state index < -0.39 is 16.1 Å². The molecule has 1 unspecified atom stereocenters. The van der Waals surface area contributed by atoms with E-state index in [0.717, 1.165) is 12.8 Å². The minimum atomic E-state index is -3.59. The minimum Gasteiger partial charge on any atom is -0.508 e. The molecule has 11 heteroatoms. The number of aliphatic hydroxyl groups is 1. The molecule has 0 spiro atoms. The Morgan fingerprint density at radius 1 is 1.03 bits per heavy atom. The lowest BCUT2D eigenvalue weighted by atomic mass is 9.98. The Morgan fingerprint density at radius 2 is 1.69 bits per heavy atom. The number of rotatable bonds is 10. The number of benzene rings is 2. The molecule has 0 radical (unpaired) electrons. The van der Waals surface area contributed by atoms with Gasteiger partial charge in [-0.1, -0.05) is 0 Å². The highest BCUT2D eigenvalue weighted by Crippen LogP contribution is 2.26. The molecule has 1 atom stereocenters. The van der Waals surface area contributed by atoms with E-state index in [-0.39, 0.29) is 23.3 Å². The van der Waals surface area contributed by atoms with Crippen LogP contribution in [0.1, 0.15) is 12.8 Å². The Kier molecular flexibility index (Phi) is 8.35. The number of piperidine rings is 1. The summed E-state index contributed by atoms with van der Waals surface area (Å²) in [5.41, 5.74) is 0.698. The van der Waals surface area contributed by atoms with Crippen LogP contribution in [0.4, 0.5) is 10.5 Å². The smallest absolute Gasteiger partial charge is 0.324 e. The third-order valence-electron chi connectivity index (χ3n) is 6.67. The summed E-state index contributed by atoms with van der Waals surface area (Å²) in [6.07, 6.45) is 0.788. The molecule has 2 fully saturated rings. The van der Waals surface area contributed by atoms with E-state index in [9.17, 15) is 23.4 Å². The van der Waals surface area contributed by atoms with E-state index in [4.69, 9.17) is 4.74 Å². The molecule has 4 rings (SSSR count). The summed E-state index contributed by atoms with van der Waals surface area (Å²) in [6, 6.07) is 12.8. The van der Waals surface area contributed by atoms with Gasteiger partial charge in [0.05, 0.1) is 4.90 Å². The molecule has 10 nitrogen and oxygen atoms in total. The monoisotopic (exact) mass is 518 g/mol. The topological polar surface area (TPSA) is 123 Å². The molecular weight excluding hydrogens is 484 g/mol. The van der Waals surface area contributed by atoms with Gasteiger partial charge in [-0.25, -0.2) is 13.2 Å². The largest absolute Gasteiger partial charge is 0.508 e. The van der Waals surface area contributed by atoms with Crippen LogP contribution in [-0.4, -0.2) is 92.9 Å². The number of phenols is 1. The van der Waals surface area contributed by atoms with Crippen molar-refractivity contribution < 1.29 is 28.2 Å². The second kappa shape index (κ2) is 11.5. The Hall–Kier alpha value is -2.86. The van der Waals surface area contributed by atoms with E-state index in [2.05, 4.69) is 5.32 Å². The van der Waals surface area contributed by atoms with Crippen LogP contribution >= 0.6 is 0 Å². The first kappa shape index (κ1) is 26.2. The number of sulfonamides is 1. The molecule has 2 amide bonds.